The third-order valence-corrected chi connectivity index (χ3v) is 5.38. The van der Waals surface area contributed by atoms with E-state index in [-0.39, 0.29) is 24.5 Å². The summed E-state index contributed by atoms with van der Waals surface area (Å²) in [6.07, 6.45) is -0.116. The van der Waals surface area contributed by atoms with E-state index in [1.54, 1.807) is 18.0 Å². The van der Waals surface area contributed by atoms with Gasteiger partial charge in [0.25, 0.3) is 5.91 Å². The van der Waals surface area contributed by atoms with Crippen LogP contribution < -0.4 is 15.0 Å². The van der Waals surface area contributed by atoms with E-state index >= 15 is 0 Å². The second kappa shape index (κ2) is 8.99. The van der Waals surface area contributed by atoms with Crippen molar-refractivity contribution in [3.8, 4) is 5.75 Å². The molecular weight excluding hydrogens is 366 g/mol. The van der Waals surface area contributed by atoms with Gasteiger partial charge in [-0.05, 0) is 56.2 Å². The maximum absolute atomic E-state index is 12.5. The number of anilines is 1. The fourth-order valence-corrected chi connectivity index (χ4v) is 3.46. The molecular formula is C23H29N3O3. The van der Waals surface area contributed by atoms with E-state index in [0.29, 0.717) is 12.1 Å². The number of hydrogen-bond donors (Lipinski definition) is 1. The van der Waals surface area contributed by atoms with Crippen LogP contribution in [0.25, 0.3) is 0 Å². The average molecular weight is 396 g/mol. The van der Waals surface area contributed by atoms with Crippen LogP contribution in [0.4, 0.5) is 5.69 Å². The highest BCUT2D eigenvalue weighted by Crippen LogP contribution is 2.32. The van der Waals surface area contributed by atoms with Crippen LogP contribution in [0, 0.1) is 13.8 Å². The van der Waals surface area contributed by atoms with Crippen molar-refractivity contribution < 1.29 is 14.3 Å². The van der Waals surface area contributed by atoms with E-state index in [9.17, 15) is 9.59 Å². The predicted molar refractivity (Wildman–Crippen MR) is 115 cm³/mol. The van der Waals surface area contributed by atoms with Gasteiger partial charge in [0.05, 0.1) is 25.3 Å². The number of carbonyl (C=O) groups is 2. The van der Waals surface area contributed by atoms with Crippen molar-refractivity contribution in [2.24, 2.45) is 0 Å². The Morgan fingerprint density at radius 3 is 2.66 bits per heavy atom. The summed E-state index contributed by atoms with van der Waals surface area (Å²) < 4.78 is 6.08. The third-order valence-electron chi connectivity index (χ3n) is 5.38. The smallest absolute Gasteiger partial charge is 0.251 e. The highest BCUT2D eigenvalue weighted by atomic mass is 16.5. The quantitative estimate of drug-likeness (QED) is 0.817. The van der Waals surface area contributed by atoms with Crippen LogP contribution in [0.1, 0.15) is 28.4 Å². The molecule has 6 nitrogen and oxygen atoms in total. The highest BCUT2D eigenvalue weighted by Gasteiger charge is 2.26. The predicted octanol–water partition coefficient (Wildman–Crippen LogP) is 2.78. The lowest BCUT2D eigenvalue weighted by atomic mass is 10.1. The molecule has 1 N–H and O–H groups in total. The lowest BCUT2D eigenvalue weighted by Crippen LogP contribution is -2.48. The number of hydrogen-bond acceptors (Lipinski definition) is 4. The molecule has 0 radical (unpaired) electrons. The van der Waals surface area contributed by atoms with Gasteiger partial charge in [-0.25, -0.2) is 0 Å². The van der Waals surface area contributed by atoms with Gasteiger partial charge in [0.2, 0.25) is 5.91 Å². The van der Waals surface area contributed by atoms with E-state index in [2.05, 4.69) is 17.1 Å². The second-order valence-electron chi connectivity index (χ2n) is 7.50. The lowest BCUT2D eigenvalue weighted by molar-refractivity contribution is -0.129. The second-order valence-corrected chi connectivity index (χ2v) is 7.50. The van der Waals surface area contributed by atoms with Crippen LogP contribution in [-0.2, 0) is 4.79 Å². The molecule has 1 aliphatic heterocycles. The number of carbonyl (C=O) groups excluding carboxylic acids is 2. The van der Waals surface area contributed by atoms with Crippen LogP contribution >= 0.6 is 0 Å². The van der Waals surface area contributed by atoms with Crippen molar-refractivity contribution in [2.45, 2.75) is 26.9 Å². The summed E-state index contributed by atoms with van der Waals surface area (Å²) in [7, 11) is 1.74. The topological polar surface area (TPSA) is 61.9 Å². The van der Waals surface area contributed by atoms with Crippen LogP contribution in [0.3, 0.4) is 0 Å². The van der Waals surface area contributed by atoms with Crippen molar-refractivity contribution in [2.75, 3.05) is 38.1 Å². The van der Waals surface area contributed by atoms with Crippen molar-refractivity contribution >= 4 is 17.5 Å². The standard InChI is InChI=1S/C23H29N3O3/c1-5-26-15-19(29-21-9-7-6-8-20(21)26)14-25(4)22(27)13-24-23(28)18-11-10-16(2)17(3)12-18/h6-12,19H,5,13-15H2,1-4H3,(H,24,28)/t19-/m0/s1. The van der Waals surface area contributed by atoms with Crippen LogP contribution in [0.2, 0.25) is 0 Å². The summed E-state index contributed by atoms with van der Waals surface area (Å²) in [5, 5.41) is 2.72. The number of aryl methyl sites for hydroxylation is 2. The molecule has 2 amide bonds. The van der Waals surface area contributed by atoms with E-state index in [1.807, 2.05) is 50.2 Å². The molecule has 0 fully saturated rings. The van der Waals surface area contributed by atoms with Gasteiger partial charge in [-0.1, -0.05) is 18.2 Å². The molecule has 1 aliphatic rings. The number of amides is 2. The molecule has 0 spiro atoms. The van der Waals surface area contributed by atoms with Crippen molar-refractivity contribution in [1.29, 1.82) is 0 Å². The zero-order valence-corrected chi connectivity index (χ0v) is 17.6. The zero-order chi connectivity index (χ0) is 21.0. The number of nitrogens with zero attached hydrogens (tertiary/aromatic N) is 2. The molecule has 3 rings (SSSR count). The van der Waals surface area contributed by atoms with Crippen LogP contribution in [0.5, 0.6) is 5.75 Å². The van der Waals surface area contributed by atoms with Gasteiger partial charge in [0.1, 0.15) is 11.9 Å². The van der Waals surface area contributed by atoms with Crippen molar-refractivity contribution in [3.63, 3.8) is 0 Å². The van der Waals surface area contributed by atoms with Gasteiger partial charge in [-0.15, -0.1) is 0 Å². The molecule has 0 bridgehead atoms. The molecule has 0 aromatic heterocycles. The summed E-state index contributed by atoms with van der Waals surface area (Å²) in [4.78, 5) is 28.7. The van der Waals surface area contributed by atoms with Gasteiger partial charge < -0.3 is 19.9 Å². The molecule has 2 aromatic rings. The van der Waals surface area contributed by atoms with Gasteiger partial charge in [-0.2, -0.15) is 0 Å². The Morgan fingerprint density at radius 2 is 1.93 bits per heavy atom. The summed E-state index contributed by atoms with van der Waals surface area (Å²) in [6, 6.07) is 13.5. The Bertz CT molecular complexity index is 897. The number of fused-ring (bicyclic) bond motifs is 1. The van der Waals surface area contributed by atoms with Crippen LogP contribution in [-0.4, -0.2) is 56.0 Å². The summed E-state index contributed by atoms with van der Waals surface area (Å²) in [5.74, 6) is 0.456. The first-order valence-corrected chi connectivity index (χ1v) is 9.99. The Kier molecular flexibility index (Phi) is 6.42. The molecule has 0 saturated heterocycles. The number of nitrogens with one attached hydrogen (secondary N) is 1. The first-order valence-electron chi connectivity index (χ1n) is 9.99. The fraction of sp³-hybridized carbons (Fsp3) is 0.391. The first kappa shape index (κ1) is 20.7. The summed E-state index contributed by atoms with van der Waals surface area (Å²) >= 11 is 0. The Labute approximate surface area is 172 Å². The van der Waals surface area contributed by atoms with Gasteiger partial charge in [0.15, 0.2) is 0 Å². The molecule has 6 heteroatoms. The summed E-state index contributed by atoms with van der Waals surface area (Å²) in [6.45, 7) is 8.09. The fourth-order valence-electron chi connectivity index (χ4n) is 3.46. The van der Waals surface area contributed by atoms with Crippen LogP contribution in [0.15, 0.2) is 42.5 Å². The SMILES string of the molecule is CCN1C[C@H](CN(C)C(=O)CNC(=O)c2ccc(C)c(C)c2)Oc2ccccc21. The molecule has 2 aromatic carbocycles. The molecule has 0 saturated carbocycles. The Balaban J connectivity index is 1.54. The first-order chi connectivity index (χ1) is 13.9. The van der Waals surface area contributed by atoms with E-state index in [1.165, 1.54) is 0 Å². The normalized spacial score (nSPS) is 15.3. The molecule has 1 atom stereocenters. The number of benzene rings is 2. The highest BCUT2D eigenvalue weighted by molar-refractivity contribution is 5.96. The molecule has 0 unspecified atom stereocenters. The third kappa shape index (κ3) is 4.88. The van der Waals surface area contributed by atoms with Crippen molar-refractivity contribution in [3.05, 3.63) is 59.2 Å². The Morgan fingerprint density at radius 1 is 1.17 bits per heavy atom. The number of likely N-dealkylation sites (N-methyl/N-ethyl adjacent to an activating group) is 2. The number of ether oxygens (including phenoxy) is 1. The van der Waals surface area contributed by atoms with E-state index in [4.69, 9.17) is 4.74 Å². The average Bonchev–Trinajstić information content (AvgIpc) is 2.72. The zero-order valence-electron chi connectivity index (χ0n) is 17.6. The molecule has 0 aliphatic carbocycles. The Hall–Kier alpha value is -3.02. The molecule has 29 heavy (non-hydrogen) atoms. The number of rotatable bonds is 6. The van der Waals surface area contributed by atoms with Crippen molar-refractivity contribution in [1.82, 2.24) is 10.2 Å². The largest absolute Gasteiger partial charge is 0.485 e. The minimum atomic E-state index is -0.241. The monoisotopic (exact) mass is 395 g/mol. The molecule has 1 heterocycles. The summed E-state index contributed by atoms with van der Waals surface area (Å²) in [5.41, 5.74) is 3.83. The lowest BCUT2D eigenvalue weighted by Gasteiger charge is -2.37. The van der Waals surface area contributed by atoms with E-state index in [0.717, 1.165) is 35.7 Å². The maximum Gasteiger partial charge on any atom is 0.251 e. The minimum Gasteiger partial charge on any atom is -0.485 e. The van der Waals surface area contributed by atoms with Gasteiger partial charge in [-0.3, -0.25) is 9.59 Å². The number of para-hydroxylation sites is 2. The van der Waals surface area contributed by atoms with Gasteiger partial charge >= 0.3 is 0 Å². The van der Waals surface area contributed by atoms with Gasteiger partial charge in [0, 0.05) is 19.2 Å². The van der Waals surface area contributed by atoms with E-state index < -0.39 is 0 Å². The minimum absolute atomic E-state index is 0.0386. The molecule has 154 valence electrons. The maximum atomic E-state index is 12.5.